The number of aromatic nitrogens is 4. The van der Waals surface area contributed by atoms with E-state index in [0.717, 1.165) is 23.5 Å². The van der Waals surface area contributed by atoms with Gasteiger partial charge in [-0.05, 0) is 19.8 Å². The van der Waals surface area contributed by atoms with Crippen molar-refractivity contribution in [2.45, 2.75) is 64.3 Å². The van der Waals surface area contributed by atoms with Crippen molar-refractivity contribution in [2.75, 3.05) is 5.88 Å². The first-order chi connectivity index (χ1) is 10.2. The van der Waals surface area contributed by atoms with Gasteiger partial charge in [0.05, 0.1) is 5.69 Å². The van der Waals surface area contributed by atoms with Gasteiger partial charge in [-0.25, -0.2) is 4.98 Å². The summed E-state index contributed by atoms with van der Waals surface area (Å²) in [6, 6.07) is 0.559. The predicted octanol–water partition coefficient (Wildman–Crippen LogP) is 4.14. The third-order valence-corrected chi connectivity index (χ3v) is 4.86. The topological polar surface area (TPSA) is 35.6 Å². The number of fused-ring (bicyclic) bond motifs is 1. The molecular formula is C16H25ClN4. The first kappa shape index (κ1) is 14.9. The normalized spacial score (nSPS) is 18.0. The van der Waals surface area contributed by atoms with Crippen LogP contribution in [0.15, 0.2) is 0 Å². The summed E-state index contributed by atoms with van der Waals surface area (Å²) >= 11 is 6.00. The molecule has 0 aromatic carbocycles. The average Bonchev–Trinajstić information content (AvgIpc) is 2.90. The van der Waals surface area contributed by atoms with Crippen molar-refractivity contribution < 1.29 is 0 Å². The van der Waals surface area contributed by atoms with Gasteiger partial charge in [0.25, 0.3) is 0 Å². The smallest absolute Gasteiger partial charge is 0.158 e. The summed E-state index contributed by atoms with van der Waals surface area (Å²) in [5, 5.41) is 4.55. The zero-order chi connectivity index (χ0) is 14.8. The van der Waals surface area contributed by atoms with Gasteiger partial charge in [0.1, 0.15) is 11.3 Å². The quantitative estimate of drug-likeness (QED) is 0.799. The van der Waals surface area contributed by atoms with Crippen molar-refractivity contribution in [3.63, 3.8) is 0 Å². The fourth-order valence-electron chi connectivity index (χ4n) is 3.68. The number of hydrogen-bond donors (Lipinski definition) is 0. The van der Waals surface area contributed by atoms with E-state index in [-0.39, 0.29) is 0 Å². The minimum atomic E-state index is 0.559. The second kappa shape index (κ2) is 6.39. The van der Waals surface area contributed by atoms with E-state index >= 15 is 0 Å². The summed E-state index contributed by atoms with van der Waals surface area (Å²) in [6.45, 7) is 2.04. The summed E-state index contributed by atoms with van der Waals surface area (Å²) in [7, 11) is 2.03. The second-order valence-electron chi connectivity index (χ2n) is 6.22. The Kier molecular flexibility index (Phi) is 4.53. The van der Waals surface area contributed by atoms with Crippen LogP contribution in [0.2, 0.25) is 0 Å². The molecule has 0 unspecified atom stereocenters. The zero-order valence-electron chi connectivity index (χ0n) is 13.1. The van der Waals surface area contributed by atoms with E-state index in [1.165, 1.54) is 50.6 Å². The van der Waals surface area contributed by atoms with Crippen molar-refractivity contribution >= 4 is 22.8 Å². The number of rotatable bonds is 3. The Labute approximate surface area is 131 Å². The fraction of sp³-hybridized carbons (Fsp3) is 0.750. The lowest BCUT2D eigenvalue weighted by Gasteiger charge is -2.23. The van der Waals surface area contributed by atoms with Crippen LogP contribution in [0.5, 0.6) is 0 Å². The van der Waals surface area contributed by atoms with E-state index in [1.807, 2.05) is 18.7 Å². The molecule has 2 aromatic heterocycles. The molecule has 1 saturated carbocycles. The highest BCUT2D eigenvalue weighted by Gasteiger charge is 2.23. The molecule has 0 aliphatic heterocycles. The fourth-order valence-corrected chi connectivity index (χ4v) is 3.85. The minimum absolute atomic E-state index is 0.559. The van der Waals surface area contributed by atoms with E-state index in [4.69, 9.17) is 16.6 Å². The van der Waals surface area contributed by atoms with Gasteiger partial charge < -0.3 is 4.57 Å². The van der Waals surface area contributed by atoms with Crippen molar-refractivity contribution in [3.8, 4) is 0 Å². The van der Waals surface area contributed by atoms with Crippen LogP contribution in [0.4, 0.5) is 0 Å². The highest BCUT2D eigenvalue weighted by atomic mass is 35.5. The summed E-state index contributed by atoms with van der Waals surface area (Å²) in [5.41, 5.74) is 3.26. The Morgan fingerprint density at radius 3 is 2.48 bits per heavy atom. The van der Waals surface area contributed by atoms with E-state index in [0.29, 0.717) is 11.9 Å². The lowest BCUT2D eigenvalue weighted by Crippen LogP contribution is -2.16. The first-order valence-electron chi connectivity index (χ1n) is 8.18. The van der Waals surface area contributed by atoms with Gasteiger partial charge in [-0.2, -0.15) is 5.10 Å². The molecule has 1 fully saturated rings. The number of halogens is 1. The first-order valence-corrected chi connectivity index (χ1v) is 8.72. The molecule has 116 valence electrons. The second-order valence-corrected chi connectivity index (χ2v) is 6.60. The summed E-state index contributed by atoms with van der Waals surface area (Å²) in [4.78, 5) is 4.85. The Bertz CT molecular complexity index is 605. The van der Waals surface area contributed by atoms with Crippen LogP contribution in [-0.2, 0) is 13.5 Å². The van der Waals surface area contributed by atoms with Crippen LogP contribution in [0.1, 0.15) is 62.5 Å². The van der Waals surface area contributed by atoms with Gasteiger partial charge in [0, 0.05) is 25.4 Å². The third kappa shape index (κ3) is 2.83. The molecule has 0 spiro atoms. The maximum Gasteiger partial charge on any atom is 0.158 e. The highest BCUT2D eigenvalue weighted by molar-refractivity contribution is 6.17. The Hall–Kier alpha value is -1.03. The molecule has 0 atom stereocenters. The number of nitrogens with zero attached hydrogens (tertiary/aromatic N) is 4. The summed E-state index contributed by atoms with van der Waals surface area (Å²) in [5.74, 6) is 1.77. The molecule has 0 saturated heterocycles. The van der Waals surface area contributed by atoms with Crippen molar-refractivity contribution in [1.29, 1.82) is 0 Å². The Balaban J connectivity index is 2.06. The molecule has 1 aliphatic rings. The van der Waals surface area contributed by atoms with Crippen LogP contribution < -0.4 is 0 Å². The molecule has 5 heteroatoms. The molecule has 0 N–H and O–H groups in total. The summed E-state index contributed by atoms with van der Waals surface area (Å²) < 4.78 is 4.44. The minimum Gasteiger partial charge on any atom is -0.310 e. The van der Waals surface area contributed by atoms with Gasteiger partial charge in [0.15, 0.2) is 5.65 Å². The molecule has 4 nitrogen and oxygen atoms in total. The van der Waals surface area contributed by atoms with E-state index < -0.39 is 0 Å². The number of alkyl halides is 1. The van der Waals surface area contributed by atoms with Crippen LogP contribution in [0.25, 0.3) is 11.2 Å². The summed E-state index contributed by atoms with van der Waals surface area (Å²) in [6.07, 6.45) is 10.1. The molecule has 0 radical (unpaired) electrons. The average molecular weight is 309 g/mol. The van der Waals surface area contributed by atoms with Crippen LogP contribution in [0.3, 0.4) is 0 Å². The van der Waals surface area contributed by atoms with Crippen LogP contribution in [-0.4, -0.2) is 25.2 Å². The molecular weight excluding hydrogens is 284 g/mol. The third-order valence-electron chi connectivity index (χ3n) is 4.67. The largest absolute Gasteiger partial charge is 0.310 e. The predicted molar refractivity (Wildman–Crippen MR) is 87.0 cm³/mol. The monoisotopic (exact) mass is 308 g/mol. The number of hydrogen-bond acceptors (Lipinski definition) is 2. The van der Waals surface area contributed by atoms with Crippen molar-refractivity contribution in [3.05, 3.63) is 11.5 Å². The van der Waals surface area contributed by atoms with E-state index in [9.17, 15) is 0 Å². The maximum absolute atomic E-state index is 6.00. The van der Waals surface area contributed by atoms with E-state index in [1.54, 1.807) is 0 Å². The Morgan fingerprint density at radius 1 is 1.14 bits per heavy atom. The zero-order valence-corrected chi connectivity index (χ0v) is 13.9. The number of imidazole rings is 1. The lowest BCUT2D eigenvalue weighted by atomic mass is 9.96. The molecule has 21 heavy (non-hydrogen) atoms. The molecule has 0 amide bonds. The van der Waals surface area contributed by atoms with Crippen LogP contribution >= 0.6 is 11.6 Å². The standard InChI is InChI=1S/C16H25ClN4/c1-12-15-16(20(2)19-12)21(14(18-15)10-11-17)13-8-6-4-3-5-7-9-13/h13H,3-11H2,1-2H3. The van der Waals surface area contributed by atoms with Gasteiger partial charge in [0.2, 0.25) is 0 Å². The van der Waals surface area contributed by atoms with Gasteiger partial charge in [-0.1, -0.05) is 32.1 Å². The van der Waals surface area contributed by atoms with Crippen LogP contribution in [0, 0.1) is 6.92 Å². The molecule has 2 heterocycles. The molecule has 1 aliphatic carbocycles. The SMILES string of the molecule is Cc1nn(C)c2c1nc(CCCl)n2C1CCCCCCC1. The Morgan fingerprint density at radius 2 is 1.81 bits per heavy atom. The molecule has 3 rings (SSSR count). The van der Waals surface area contributed by atoms with E-state index in [2.05, 4.69) is 9.67 Å². The molecule has 2 aromatic rings. The maximum atomic E-state index is 6.00. The lowest BCUT2D eigenvalue weighted by molar-refractivity contribution is 0.368. The highest BCUT2D eigenvalue weighted by Crippen LogP contribution is 2.32. The van der Waals surface area contributed by atoms with Gasteiger partial charge >= 0.3 is 0 Å². The molecule has 0 bridgehead atoms. The van der Waals surface area contributed by atoms with Crippen molar-refractivity contribution in [2.24, 2.45) is 7.05 Å². The van der Waals surface area contributed by atoms with Gasteiger partial charge in [-0.3, -0.25) is 4.68 Å². The van der Waals surface area contributed by atoms with Crippen molar-refractivity contribution in [1.82, 2.24) is 19.3 Å². The van der Waals surface area contributed by atoms with Gasteiger partial charge in [-0.15, -0.1) is 11.6 Å². The number of aryl methyl sites for hydroxylation is 3.